The predicted octanol–water partition coefficient (Wildman–Crippen LogP) is 6.20. The average Bonchev–Trinajstić information content (AvgIpc) is 3.36. The molecule has 1 aliphatic carbocycles. The average molecular weight is 700 g/mol. The van der Waals surface area contributed by atoms with Crippen LogP contribution < -0.4 is 0 Å². The third kappa shape index (κ3) is 5.42. The summed E-state index contributed by atoms with van der Waals surface area (Å²) >= 11 is 13.5. The summed E-state index contributed by atoms with van der Waals surface area (Å²) < 4.78 is 14.9. The molecule has 3 amide bonds. The first-order chi connectivity index (χ1) is 22.4. The number of piperazine rings is 1. The van der Waals surface area contributed by atoms with E-state index in [4.69, 9.17) is 28.2 Å². The molecule has 5 aliphatic rings. The fourth-order valence-electron chi connectivity index (χ4n) is 7.69. The molecule has 47 heavy (non-hydrogen) atoms. The lowest BCUT2D eigenvalue weighted by Gasteiger charge is -2.46. The molecule has 2 aromatic rings. The number of benzene rings is 1. The van der Waals surface area contributed by atoms with Crippen LogP contribution >= 0.6 is 35.0 Å². The van der Waals surface area contributed by atoms with Gasteiger partial charge in [0.25, 0.3) is 5.91 Å². The Kier molecular flexibility index (Phi) is 8.32. The number of likely N-dealkylation sites (tertiary alicyclic amines) is 1. The molecule has 0 bridgehead atoms. The fraction of sp³-hybridized carbons (Fsp3) is 0.500. The van der Waals surface area contributed by atoms with Gasteiger partial charge in [0, 0.05) is 37.1 Å². The van der Waals surface area contributed by atoms with Crippen LogP contribution in [0.25, 0.3) is 0 Å². The molecule has 4 aliphatic heterocycles. The lowest BCUT2D eigenvalue weighted by atomic mass is 9.93. The molecular formula is C34H37Cl2FN6O3S. The smallest absolute Gasteiger partial charge is 0.263 e. The molecule has 1 unspecified atom stereocenters. The topological polar surface area (TPSA) is 89.4 Å². The molecule has 0 N–H and O–H groups in total. The van der Waals surface area contributed by atoms with Gasteiger partial charge in [0.05, 0.1) is 16.6 Å². The van der Waals surface area contributed by atoms with E-state index in [0.717, 1.165) is 30.5 Å². The van der Waals surface area contributed by atoms with Crippen molar-refractivity contribution in [1.82, 2.24) is 24.6 Å². The van der Waals surface area contributed by atoms with Crippen molar-refractivity contribution < 1.29 is 18.8 Å². The highest BCUT2D eigenvalue weighted by atomic mass is 35.5. The van der Waals surface area contributed by atoms with Gasteiger partial charge in [-0.1, -0.05) is 49.2 Å². The third-order valence-corrected chi connectivity index (χ3v) is 11.9. The number of amidine groups is 1. The molecule has 3 fully saturated rings. The number of hydrogen-bond acceptors (Lipinski definition) is 7. The van der Waals surface area contributed by atoms with E-state index in [2.05, 4.69) is 9.88 Å². The van der Waals surface area contributed by atoms with Gasteiger partial charge in [-0.2, -0.15) is 0 Å². The first kappa shape index (κ1) is 32.4. The maximum Gasteiger partial charge on any atom is 0.263 e. The van der Waals surface area contributed by atoms with Crippen molar-refractivity contribution >= 4 is 58.4 Å². The maximum absolute atomic E-state index is 14.9. The second-order valence-corrected chi connectivity index (χ2v) is 15.5. The van der Waals surface area contributed by atoms with E-state index < -0.39 is 23.9 Å². The lowest BCUT2D eigenvalue weighted by Crippen LogP contribution is -2.63. The van der Waals surface area contributed by atoms with Gasteiger partial charge < -0.3 is 19.6 Å². The van der Waals surface area contributed by atoms with Crippen molar-refractivity contribution in [2.75, 3.05) is 13.1 Å². The van der Waals surface area contributed by atoms with Crippen molar-refractivity contribution in [2.45, 2.75) is 89.1 Å². The van der Waals surface area contributed by atoms with E-state index in [1.54, 1.807) is 29.3 Å². The van der Waals surface area contributed by atoms with Gasteiger partial charge in [0.15, 0.2) is 5.17 Å². The number of thioether (sulfide) groups is 1. The third-order valence-electron chi connectivity index (χ3n) is 10.3. The van der Waals surface area contributed by atoms with Gasteiger partial charge in [-0.05, 0) is 86.5 Å². The number of pyridine rings is 1. The molecule has 248 valence electrons. The SMILES string of the molecule is CC(C)C1=C(C(=O)N2C(C(=O)N3CC4(CC4)N(C=O)C[C@@H]3C)CC[C@H]2C)SC2=N[C@@H](c3ccc(Cl)nc3)[C@@H](c3ccc(Cl)c(F)c3)N21. The molecule has 1 aromatic carbocycles. The van der Waals surface area contributed by atoms with Gasteiger partial charge in [-0.15, -0.1) is 0 Å². The largest absolute Gasteiger partial charge is 0.336 e. The molecule has 13 heteroatoms. The summed E-state index contributed by atoms with van der Waals surface area (Å²) in [5.41, 5.74) is 1.99. The summed E-state index contributed by atoms with van der Waals surface area (Å²) in [5, 5.41) is 1.02. The van der Waals surface area contributed by atoms with Gasteiger partial charge in [-0.25, -0.2) is 9.37 Å². The van der Waals surface area contributed by atoms with E-state index in [-0.39, 0.29) is 40.4 Å². The number of amides is 3. The highest BCUT2D eigenvalue weighted by Gasteiger charge is 2.55. The Bertz CT molecular complexity index is 1700. The minimum Gasteiger partial charge on any atom is -0.336 e. The van der Waals surface area contributed by atoms with Crippen molar-refractivity contribution in [1.29, 1.82) is 0 Å². The fourth-order valence-corrected chi connectivity index (χ4v) is 9.21. The summed E-state index contributed by atoms with van der Waals surface area (Å²) in [4.78, 5) is 58.2. The highest BCUT2D eigenvalue weighted by Crippen LogP contribution is 2.54. The monoisotopic (exact) mass is 698 g/mol. The minimum atomic E-state index is -0.591. The molecule has 0 radical (unpaired) electrons. The van der Waals surface area contributed by atoms with Gasteiger partial charge in [-0.3, -0.25) is 19.4 Å². The second-order valence-electron chi connectivity index (χ2n) is 13.7. The molecule has 1 saturated carbocycles. The lowest BCUT2D eigenvalue weighted by molar-refractivity contribution is -0.149. The zero-order valence-electron chi connectivity index (χ0n) is 26.7. The van der Waals surface area contributed by atoms with Crippen LogP contribution in [0.5, 0.6) is 0 Å². The zero-order valence-corrected chi connectivity index (χ0v) is 29.0. The molecule has 7 rings (SSSR count). The standard InChI is InChI=1S/C34H37Cl2FN6O3S/c1-18(2)28-30(32(46)42-19(3)5-9-25(42)31(45)41-16-34(11-12-34)40(17-44)15-20(41)4)47-33-39-27(22-7-10-26(36)38-14-22)29(43(28)33)21-6-8-23(35)24(37)13-21/h6-8,10,13-14,17-20,25,27,29H,5,9,11-12,15-16H2,1-4H3/t19-,20+,25?,27+,29-/m1/s1. The van der Waals surface area contributed by atoms with Crippen LogP contribution in [0.15, 0.2) is 52.1 Å². The number of hydrogen-bond donors (Lipinski definition) is 0. The Balaban J connectivity index is 1.24. The summed E-state index contributed by atoms with van der Waals surface area (Å²) in [5.74, 6) is -0.865. The molecule has 5 heterocycles. The summed E-state index contributed by atoms with van der Waals surface area (Å²) in [6, 6.07) is 6.57. The van der Waals surface area contributed by atoms with Gasteiger partial charge in [0.1, 0.15) is 28.0 Å². The molecule has 5 atom stereocenters. The van der Waals surface area contributed by atoms with Crippen LogP contribution in [0.2, 0.25) is 10.2 Å². The van der Waals surface area contributed by atoms with Crippen LogP contribution in [0.3, 0.4) is 0 Å². The van der Waals surface area contributed by atoms with Crippen LogP contribution in [0.4, 0.5) is 4.39 Å². The van der Waals surface area contributed by atoms with Crippen LogP contribution in [-0.4, -0.2) is 84.7 Å². The number of halogens is 3. The Hall–Kier alpha value is -3.15. The van der Waals surface area contributed by atoms with E-state index in [1.807, 2.05) is 43.6 Å². The van der Waals surface area contributed by atoms with E-state index in [0.29, 0.717) is 46.7 Å². The Morgan fingerprint density at radius 1 is 1.09 bits per heavy atom. The highest BCUT2D eigenvalue weighted by molar-refractivity contribution is 8.18. The molecule has 9 nitrogen and oxygen atoms in total. The summed E-state index contributed by atoms with van der Waals surface area (Å²) in [6.07, 6.45) is 5.65. The first-order valence-corrected chi connectivity index (χ1v) is 17.7. The maximum atomic E-state index is 14.9. The Morgan fingerprint density at radius 2 is 1.83 bits per heavy atom. The van der Waals surface area contributed by atoms with Crippen LogP contribution in [0, 0.1) is 11.7 Å². The Morgan fingerprint density at radius 3 is 2.47 bits per heavy atom. The van der Waals surface area contributed by atoms with Crippen molar-refractivity contribution in [3.8, 4) is 0 Å². The van der Waals surface area contributed by atoms with E-state index in [9.17, 15) is 18.8 Å². The number of aliphatic imine (C=N–C) groups is 1. The summed E-state index contributed by atoms with van der Waals surface area (Å²) in [6.45, 7) is 9.02. The van der Waals surface area contributed by atoms with Gasteiger partial charge >= 0.3 is 0 Å². The first-order valence-electron chi connectivity index (χ1n) is 16.1. The number of allylic oxidation sites excluding steroid dienone is 1. The Labute approximate surface area is 288 Å². The second kappa shape index (κ2) is 12.1. The molecular weight excluding hydrogens is 662 g/mol. The van der Waals surface area contributed by atoms with E-state index >= 15 is 0 Å². The number of carbonyl (C=O) groups is 3. The van der Waals surface area contributed by atoms with Crippen molar-refractivity contribution in [3.63, 3.8) is 0 Å². The predicted molar refractivity (Wildman–Crippen MR) is 180 cm³/mol. The zero-order chi connectivity index (χ0) is 33.4. The number of fused-ring (bicyclic) bond motifs is 1. The normalized spacial score (nSPS) is 28.0. The number of carbonyl (C=O) groups excluding carboxylic acids is 3. The number of aromatic nitrogens is 1. The van der Waals surface area contributed by atoms with Crippen molar-refractivity contribution in [2.24, 2.45) is 10.9 Å². The number of nitrogens with zero attached hydrogens (tertiary/aromatic N) is 6. The molecule has 2 saturated heterocycles. The molecule has 1 aromatic heterocycles. The van der Waals surface area contributed by atoms with Crippen molar-refractivity contribution in [3.05, 3.63) is 74.3 Å². The summed E-state index contributed by atoms with van der Waals surface area (Å²) in [7, 11) is 0. The quantitative estimate of drug-likeness (QED) is 0.264. The minimum absolute atomic E-state index is 0.0251. The van der Waals surface area contributed by atoms with Gasteiger partial charge in [0.2, 0.25) is 12.3 Å². The van der Waals surface area contributed by atoms with Crippen LogP contribution in [0.1, 0.15) is 76.6 Å². The van der Waals surface area contributed by atoms with Crippen LogP contribution in [-0.2, 0) is 14.4 Å². The number of rotatable bonds is 6. The van der Waals surface area contributed by atoms with E-state index in [1.165, 1.54) is 17.8 Å². The molecule has 1 spiro atoms.